The molecule has 1 aliphatic heterocycles. The van der Waals surface area contributed by atoms with Gasteiger partial charge < -0.3 is 10.2 Å². The van der Waals surface area contributed by atoms with E-state index in [4.69, 9.17) is 0 Å². The van der Waals surface area contributed by atoms with E-state index in [1.165, 1.54) is 23.8 Å². The number of hydrogen-bond acceptors (Lipinski definition) is 2. The van der Waals surface area contributed by atoms with Crippen LogP contribution in [-0.4, -0.2) is 23.3 Å². The van der Waals surface area contributed by atoms with Gasteiger partial charge in [-0.1, -0.05) is 31.2 Å². The van der Waals surface area contributed by atoms with Crippen molar-refractivity contribution in [3.05, 3.63) is 65.0 Å². The number of carbonyl (C=O) groups excluding carboxylic acids is 2. The first-order valence-corrected chi connectivity index (χ1v) is 8.99. The van der Waals surface area contributed by atoms with Crippen molar-refractivity contribution in [2.75, 3.05) is 11.9 Å². The standard InChI is InChI=1S/C21H21FN2O2/c1-13-10-17(13)20(25)23-19-7-6-16(22)11-18(19)21(26)24-9-8-14-4-2-3-5-15(14)12-24/h2-7,11,13,17H,8-10,12H2,1H3,(H,23,25). The summed E-state index contributed by atoms with van der Waals surface area (Å²) in [7, 11) is 0. The summed E-state index contributed by atoms with van der Waals surface area (Å²) in [5, 5.41) is 2.82. The van der Waals surface area contributed by atoms with Crippen LogP contribution in [0.4, 0.5) is 10.1 Å². The Morgan fingerprint density at radius 3 is 2.62 bits per heavy atom. The summed E-state index contributed by atoms with van der Waals surface area (Å²) in [6.07, 6.45) is 1.64. The van der Waals surface area contributed by atoms with Crippen LogP contribution in [0.25, 0.3) is 0 Å². The third-order valence-electron chi connectivity index (χ3n) is 5.33. The van der Waals surface area contributed by atoms with Crippen molar-refractivity contribution in [3.63, 3.8) is 0 Å². The van der Waals surface area contributed by atoms with Gasteiger partial charge in [0.15, 0.2) is 0 Å². The molecule has 26 heavy (non-hydrogen) atoms. The lowest BCUT2D eigenvalue weighted by atomic mass is 9.99. The van der Waals surface area contributed by atoms with Gasteiger partial charge in [0.05, 0.1) is 11.3 Å². The van der Waals surface area contributed by atoms with E-state index in [9.17, 15) is 14.0 Å². The van der Waals surface area contributed by atoms with Gasteiger partial charge in [0.25, 0.3) is 5.91 Å². The average Bonchev–Trinajstić information content (AvgIpc) is 3.39. The highest BCUT2D eigenvalue weighted by Gasteiger charge is 2.39. The number of halogens is 1. The van der Waals surface area contributed by atoms with Crippen LogP contribution in [-0.2, 0) is 17.8 Å². The van der Waals surface area contributed by atoms with Crippen molar-refractivity contribution in [2.45, 2.75) is 26.3 Å². The summed E-state index contributed by atoms with van der Waals surface area (Å²) in [4.78, 5) is 27.0. The molecule has 2 atom stereocenters. The largest absolute Gasteiger partial charge is 0.334 e. The van der Waals surface area contributed by atoms with Crippen molar-refractivity contribution in [1.29, 1.82) is 0 Å². The Bertz CT molecular complexity index is 880. The van der Waals surface area contributed by atoms with Gasteiger partial charge in [0.1, 0.15) is 5.82 Å². The van der Waals surface area contributed by atoms with Crippen LogP contribution in [0.2, 0.25) is 0 Å². The molecule has 0 spiro atoms. The molecule has 1 saturated carbocycles. The van der Waals surface area contributed by atoms with Crippen molar-refractivity contribution < 1.29 is 14.0 Å². The van der Waals surface area contributed by atoms with Crippen LogP contribution >= 0.6 is 0 Å². The van der Waals surface area contributed by atoms with Gasteiger partial charge in [-0.15, -0.1) is 0 Å². The molecular formula is C21H21FN2O2. The highest BCUT2D eigenvalue weighted by atomic mass is 19.1. The number of hydrogen-bond donors (Lipinski definition) is 1. The van der Waals surface area contributed by atoms with Gasteiger partial charge >= 0.3 is 0 Å². The third-order valence-corrected chi connectivity index (χ3v) is 5.33. The normalized spacial score (nSPS) is 21.1. The van der Waals surface area contributed by atoms with Gasteiger partial charge in [0, 0.05) is 19.0 Å². The molecule has 2 aliphatic rings. The average molecular weight is 352 g/mol. The molecule has 0 radical (unpaired) electrons. The molecule has 1 heterocycles. The Balaban J connectivity index is 1.57. The molecule has 0 saturated heterocycles. The number of amides is 2. The Morgan fingerprint density at radius 1 is 1.15 bits per heavy atom. The smallest absolute Gasteiger partial charge is 0.256 e. The SMILES string of the molecule is CC1CC1C(=O)Nc1ccc(F)cc1C(=O)N1CCc2ccccc2C1. The molecule has 2 amide bonds. The minimum Gasteiger partial charge on any atom is -0.334 e. The van der Waals surface area contributed by atoms with Crippen LogP contribution in [0.15, 0.2) is 42.5 Å². The molecule has 1 N–H and O–H groups in total. The summed E-state index contributed by atoms with van der Waals surface area (Å²) in [5.74, 6) is -0.470. The first-order valence-electron chi connectivity index (χ1n) is 8.99. The molecule has 134 valence electrons. The maximum atomic E-state index is 13.8. The Kier molecular flexibility index (Phi) is 4.23. The molecule has 0 bridgehead atoms. The highest BCUT2D eigenvalue weighted by molar-refractivity contribution is 6.04. The molecule has 1 fully saturated rings. The number of benzene rings is 2. The Labute approximate surface area is 152 Å². The van der Waals surface area contributed by atoms with Crippen molar-refractivity contribution >= 4 is 17.5 Å². The number of nitrogens with zero attached hydrogens (tertiary/aromatic N) is 1. The lowest BCUT2D eigenvalue weighted by Crippen LogP contribution is -2.36. The molecule has 4 nitrogen and oxygen atoms in total. The van der Waals surface area contributed by atoms with Crippen molar-refractivity contribution in [1.82, 2.24) is 4.90 Å². The lowest BCUT2D eigenvalue weighted by molar-refractivity contribution is -0.117. The number of rotatable bonds is 3. The predicted molar refractivity (Wildman–Crippen MR) is 97.2 cm³/mol. The van der Waals surface area contributed by atoms with Crippen LogP contribution in [0.5, 0.6) is 0 Å². The molecule has 2 aromatic rings. The van der Waals surface area contributed by atoms with E-state index in [2.05, 4.69) is 11.4 Å². The molecule has 2 unspecified atom stereocenters. The maximum Gasteiger partial charge on any atom is 0.256 e. The van der Waals surface area contributed by atoms with Crippen LogP contribution in [0.3, 0.4) is 0 Å². The van der Waals surface area contributed by atoms with Crippen molar-refractivity contribution in [3.8, 4) is 0 Å². The number of anilines is 1. The summed E-state index contributed by atoms with van der Waals surface area (Å²) >= 11 is 0. The summed E-state index contributed by atoms with van der Waals surface area (Å²) in [6.45, 7) is 3.10. The minimum atomic E-state index is -0.483. The van der Waals surface area contributed by atoms with Gasteiger partial charge in [-0.05, 0) is 48.1 Å². The Hall–Kier alpha value is -2.69. The quantitative estimate of drug-likeness (QED) is 0.917. The molecule has 5 heteroatoms. The zero-order valence-corrected chi connectivity index (χ0v) is 14.7. The van der Waals surface area contributed by atoms with Gasteiger partial charge in [-0.2, -0.15) is 0 Å². The topological polar surface area (TPSA) is 49.4 Å². The fourth-order valence-electron chi connectivity index (χ4n) is 3.55. The monoisotopic (exact) mass is 352 g/mol. The number of fused-ring (bicyclic) bond motifs is 1. The van der Waals surface area contributed by atoms with E-state index in [0.29, 0.717) is 24.7 Å². The van der Waals surface area contributed by atoms with E-state index >= 15 is 0 Å². The van der Waals surface area contributed by atoms with Crippen LogP contribution in [0.1, 0.15) is 34.8 Å². The molecule has 0 aromatic heterocycles. The second-order valence-electron chi connectivity index (χ2n) is 7.24. The number of carbonyl (C=O) groups is 2. The first kappa shape index (κ1) is 16.8. The zero-order chi connectivity index (χ0) is 18.3. The molecular weight excluding hydrogens is 331 g/mol. The fourth-order valence-corrected chi connectivity index (χ4v) is 3.55. The highest BCUT2D eigenvalue weighted by Crippen LogP contribution is 2.38. The maximum absolute atomic E-state index is 13.8. The van der Waals surface area contributed by atoms with E-state index in [1.807, 2.05) is 25.1 Å². The second-order valence-corrected chi connectivity index (χ2v) is 7.24. The van der Waals surface area contributed by atoms with E-state index < -0.39 is 5.82 Å². The van der Waals surface area contributed by atoms with E-state index in [1.54, 1.807) is 4.90 Å². The second kappa shape index (κ2) is 6.56. The van der Waals surface area contributed by atoms with Crippen LogP contribution in [0, 0.1) is 17.7 Å². The van der Waals surface area contributed by atoms with Crippen LogP contribution < -0.4 is 5.32 Å². The van der Waals surface area contributed by atoms with E-state index in [0.717, 1.165) is 18.4 Å². The summed E-state index contributed by atoms with van der Waals surface area (Å²) in [5.41, 5.74) is 2.96. The van der Waals surface area contributed by atoms with Gasteiger partial charge in [-0.25, -0.2) is 4.39 Å². The zero-order valence-electron chi connectivity index (χ0n) is 14.7. The molecule has 4 rings (SSSR count). The molecule has 2 aromatic carbocycles. The molecule has 1 aliphatic carbocycles. The predicted octanol–water partition coefficient (Wildman–Crippen LogP) is 3.62. The van der Waals surface area contributed by atoms with Gasteiger partial charge in [0.2, 0.25) is 5.91 Å². The van der Waals surface area contributed by atoms with E-state index in [-0.39, 0.29) is 23.3 Å². The third kappa shape index (κ3) is 3.21. The first-order chi connectivity index (χ1) is 12.5. The van der Waals surface area contributed by atoms with Crippen molar-refractivity contribution in [2.24, 2.45) is 11.8 Å². The summed E-state index contributed by atoms with van der Waals surface area (Å²) in [6, 6.07) is 12.0. The Morgan fingerprint density at radius 2 is 1.88 bits per heavy atom. The minimum absolute atomic E-state index is 0.00938. The lowest BCUT2D eigenvalue weighted by Gasteiger charge is -2.29. The fraction of sp³-hybridized carbons (Fsp3) is 0.333. The summed E-state index contributed by atoms with van der Waals surface area (Å²) < 4.78 is 13.8. The van der Waals surface area contributed by atoms with Gasteiger partial charge in [-0.3, -0.25) is 9.59 Å². The number of nitrogens with one attached hydrogen (secondary N) is 1.